The normalized spacial score (nSPS) is 17.8. The van der Waals surface area contributed by atoms with Crippen molar-refractivity contribution in [3.63, 3.8) is 0 Å². The van der Waals surface area contributed by atoms with Crippen LogP contribution in [0.15, 0.2) is 30.6 Å². The lowest BCUT2D eigenvalue weighted by atomic mass is 10.2. The molecule has 3 heterocycles. The van der Waals surface area contributed by atoms with Crippen LogP contribution in [0.5, 0.6) is 0 Å². The van der Waals surface area contributed by atoms with E-state index >= 15 is 0 Å². The van der Waals surface area contributed by atoms with Crippen LogP contribution in [0.2, 0.25) is 0 Å². The molecule has 1 N–H and O–H groups in total. The molecule has 7 heteroatoms. The van der Waals surface area contributed by atoms with Crippen molar-refractivity contribution in [1.29, 1.82) is 0 Å². The van der Waals surface area contributed by atoms with Gasteiger partial charge in [0.25, 0.3) is 0 Å². The first-order valence-electron chi connectivity index (χ1n) is 8.42. The standard InChI is InChI=1S/C17H21N5O2/c23-17(24-12-13-3-4-13)22-8-6-21(7-9-22)16-10-15(19-20-16)14-2-1-5-18-11-14/h1-2,5,10-11,13H,3-4,6-9,12H2,(H,19,20). The number of aromatic amines is 1. The van der Waals surface area contributed by atoms with Crippen LogP contribution in [0.1, 0.15) is 12.8 Å². The molecule has 4 rings (SSSR count). The van der Waals surface area contributed by atoms with E-state index < -0.39 is 0 Å². The van der Waals surface area contributed by atoms with E-state index in [4.69, 9.17) is 4.74 Å². The molecule has 24 heavy (non-hydrogen) atoms. The fourth-order valence-corrected chi connectivity index (χ4v) is 2.83. The molecule has 126 valence electrons. The molecule has 1 saturated carbocycles. The Labute approximate surface area is 140 Å². The number of hydrogen-bond donors (Lipinski definition) is 1. The zero-order valence-corrected chi connectivity index (χ0v) is 13.5. The first-order chi connectivity index (χ1) is 11.8. The smallest absolute Gasteiger partial charge is 0.409 e. The minimum absolute atomic E-state index is 0.181. The third-order valence-corrected chi connectivity index (χ3v) is 4.54. The molecule has 7 nitrogen and oxygen atoms in total. The molecule has 0 unspecified atom stereocenters. The predicted molar refractivity (Wildman–Crippen MR) is 89.7 cm³/mol. The summed E-state index contributed by atoms with van der Waals surface area (Å²) < 4.78 is 5.35. The lowest BCUT2D eigenvalue weighted by Gasteiger charge is -2.34. The summed E-state index contributed by atoms with van der Waals surface area (Å²) in [5.41, 5.74) is 1.96. The Morgan fingerprint density at radius 1 is 1.29 bits per heavy atom. The Kier molecular flexibility index (Phi) is 4.06. The van der Waals surface area contributed by atoms with Crippen molar-refractivity contribution in [2.75, 3.05) is 37.7 Å². The predicted octanol–water partition coefficient (Wildman–Crippen LogP) is 2.14. The number of anilines is 1. The van der Waals surface area contributed by atoms with Crippen molar-refractivity contribution in [1.82, 2.24) is 20.1 Å². The minimum Gasteiger partial charge on any atom is -0.449 e. The van der Waals surface area contributed by atoms with Crippen molar-refractivity contribution in [3.05, 3.63) is 30.6 Å². The topological polar surface area (TPSA) is 74.3 Å². The zero-order chi connectivity index (χ0) is 16.4. The van der Waals surface area contributed by atoms with Crippen molar-refractivity contribution >= 4 is 11.9 Å². The molecule has 2 aromatic heterocycles. The van der Waals surface area contributed by atoms with Crippen LogP contribution >= 0.6 is 0 Å². The summed E-state index contributed by atoms with van der Waals surface area (Å²) in [6.45, 7) is 3.43. The van der Waals surface area contributed by atoms with Gasteiger partial charge in [-0.3, -0.25) is 10.1 Å². The fraction of sp³-hybridized carbons (Fsp3) is 0.471. The Bertz CT molecular complexity index is 690. The number of pyridine rings is 1. The highest BCUT2D eigenvalue weighted by Crippen LogP contribution is 2.29. The van der Waals surface area contributed by atoms with Gasteiger partial charge < -0.3 is 14.5 Å². The van der Waals surface area contributed by atoms with Crippen LogP contribution in [0.4, 0.5) is 10.6 Å². The molecule has 0 radical (unpaired) electrons. The van der Waals surface area contributed by atoms with Crippen LogP contribution in [-0.4, -0.2) is 59.0 Å². The molecule has 0 aromatic carbocycles. The van der Waals surface area contributed by atoms with E-state index in [1.165, 1.54) is 12.8 Å². The number of H-pyrrole nitrogens is 1. The fourth-order valence-electron chi connectivity index (χ4n) is 2.83. The maximum atomic E-state index is 12.0. The van der Waals surface area contributed by atoms with Crippen LogP contribution in [0, 0.1) is 5.92 Å². The number of rotatable bonds is 4. The van der Waals surface area contributed by atoms with Gasteiger partial charge in [0.05, 0.1) is 12.3 Å². The summed E-state index contributed by atoms with van der Waals surface area (Å²) in [6.07, 6.45) is 5.77. The van der Waals surface area contributed by atoms with E-state index in [0.29, 0.717) is 25.6 Å². The Morgan fingerprint density at radius 2 is 2.12 bits per heavy atom. The van der Waals surface area contributed by atoms with E-state index in [0.717, 1.165) is 30.2 Å². The number of hydrogen-bond acceptors (Lipinski definition) is 5. The first-order valence-corrected chi connectivity index (χ1v) is 8.42. The van der Waals surface area contributed by atoms with Gasteiger partial charge in [-0.1, -0.05) is 0 Å². The number of ether oxygens (including phenoxy) is 1. The quantitative estimate of drug-likeness (QED) is 0.931. The zero-order valence-electron chi connectivity index (χ0n) is 13.5. The first kappa shape index (κ1) is 15.0. The Balaban J connectivity index is 1.32. The van der Waals surface area contributed by atoms with Gasteiger partial charge in [-0.25, -0.2) is 4.79 Å². The van der Waals surface area contributed by atoms with Crippen molar-refractivity contribution in [2.45, 2.75) is 12.8 Å². The Hall–Kier alpha value is -2.57. The minimum atomic E-state index is -0.181. The second kappa shape index (κ2) is 6.51. The lowest BCUT2D eigenvalue weighted by Crippen LogP contribution is -2.49. The molecule has 0 bridgehead atoms. The number of carbonyl (C=O) groups is 1. The van der Waals surface area contributed by atoms with Gasteiger partial charge in [0.1, 0.15) is 0 Å². The van der Waals surface area contributed by atoms with Gasteiger partial charge >= 0.3 is 6.09 Å². The number of nitrogens with zero attached hydrogens (tertiary/aromatic N) is 4. The molecule has 2 fully saturated rings. The molecule has 2 aliphatic rings. The average molecular weight is 327 g/mol. The van der Waals surface area contributed by atoms with Crippen LogP contribution in [-0.2, 0) is 4.74 Å². The highest BCUT2D eigenvalue weighted by Gasteiger charge is 2.27. The number of piperazine rings is 1. The van der Waals surface area contributed by atoms with Crippen LogP contribution < -0.4 is 4.90 Å². The molecule has 0 spiro atoms. The van der Waals surface area contributed by atoms with E-state index in [1.807, 2.05) is 24.4 Å². The second-order valence-electron chi connectivity index (χ2n) is 6.38. The van der Waals surface area contributed by atoms with Crippen LogP contribution in [0.3, 0.4) is 0 Å². The highest BCUT2D eigenvalue weighted by molar-refractivity contribution is 5.68. The monoisotopic (exact) mass is 327 g/mol. The average Bonchev–Trinajstić information content (AvgIpc) is 3.34. The van der Waals surface area contributed by atoms with Gasteiger partial charge in [0.2, 0.25) is 0 Å². The van der Waals surface area contributed by atoms with E-state index in [9.17, 15) is 4.79 Å². The summed E-state index contributed by atoms with van der Waals surface area (Å²) in [7, 11) is 0. The molecule has 1 amide bonds. The third-order valence-electron chi connectivity index (χ3n) is 4.54. The molecule has 1 aliphatic carbocycles. The Morgan fingerprint density at radius 3 is 2.83 bits per heavy atom. The van der Waals surface area contributed by atoms with Crippen LogP contribution in [0.25, 0.3) is 11.3 Å². The van der Waals surface area contributed by atoms with E-state index in [-0.39, 0.29) is 6.09 Å². The van der Waals surface area contributed by atoms with Gasteiger partial charge in [0.15, 0.2) is 5.82 Å². The molecule has 1 aliphatic heterocycles. The van der Waals surface area contributed by atoms with Gasteiger partial charge in [-0.2, -0.15) is 5.10 Å². The summed E-state index contributed by atoms with van der Waals surface area (Å²) in [5.74, 6) is 1.50. The number of nitrogens with one attached hydrogen (secondary N) is 1. The largest absolute Gasteiger partial charge is 0.449 e. The van der Waals surface area contributed by atoms with E-state index in [2.05, 4.69) is 20.1 Å². The highest BCUT2D eigenvalue weighted by atomic mass is 16.6. The van der Waals surface area contributed by atoms with Crippen molar-refractivity contribution in [2.24, 2.45) is 5.92 Å². The number of carbonyl (C=O) groups excluding carboxylic acids is 1. The maximum Gasteiger partial charge on any atom is 0.409 e. The molecule has 2 aromatic rings. The number of aromatic nitrogens is 3. The van der Waals surface area contributed by atoms with Crippen molar-refractivity contribution < 1.29 is 9.53 Å². The third kappa shape index (κ3) is 3.34. The summed E-state index contributed by atoms with van der Waals surface area (Å²) >= 11 is 0. The van der Waals surface area contributed by atoms with Gasteiger partial charge in [-0.15, -0.1) is 0 Å². The maximum absolute atomic E-state index is 12.0. The molecule has 1 saturated heterocycles. The van der Waals surface area contributed by atoms with Crippen molar-refractivity contribution in [3.8, 4) is 11.3 Å². The van der Waals surface area contributed by atoms with Gasteiger partial charge in [-0.05, 0) is 30.9 Å². The SMILES string of the molecule is O=C(OCC1CC1)N1CCN(c2cc(-c3cccnc3)[nH]n2)CC1. The molecular weight excluding hydrogens is 306 g/mol. The molecule has 0 atom stereocenters. The van der Waals surface area contributed by atoms with E-state index in [1.54, 1.807) is 11.1 Å². The summed E-state index contributed by atoms with van der Waals surface area (Å²) in [5, 5.41) is 7.45. The summed E-state index contributed by atoms with van der Waals surface area (Å²) in [4.78, 5) is 20.1. The second-order valence-corrected chi connectivity index (χ2v) is 6.38. The summed E-state index contributed by atoms with van der Waals surface area (Å²) in [6, 6.07) is 5.93. The van der Waals surface area contributed by atoms with Gasteiger partial charge in [0, 0.05) is 50.2 Å². The lowest BCUT2D eigenvalue weighted by molar-refractivity contribution is 0.0961. The molecular formula is C17H21N5O2. The number of amides is 1.